The molecule has 3 N–H and O–H groups in total. The topological polar surface area (TPSA) is 138 Å². The minimum Gasteiger partial charge on any atom is -0.347 e. The summed E-state index contributed by atoms with van der Waals surface area (Å²) in [6.45, 7) is 0.115. The predicted molar refractivity (Wildman–Crippen MR) is 126 cm³/mol. The maximum absolute atomic E-state index is 13.6. The second-order valence-corrected chi connectivity index (χ2v) is 8.14. The SMILES string of the molecule is C#Cc1cc(CNC(=O)c2cc(C(=O)N[C@H]3CCc4cc(-c5nn[nH]n5)ccc43)ncn2)ccc1F. The van der Waals surface area contributed by atoms with Gasteiger partial charge in [0.05, 0.1) is 11.6 Å². The molecule has 0 radical (unpaired) electrons. The molecule has 2 aromatic heterocycles. The second kappa shape index (κ2) is 9.71. The molecular weight excluding hydrogens is 463 g/mol. The van der Waals surface area contributed by atoms with Gasteiger partial charge in [-0.15, -0.1) is 16.6 Å². The molecule has 1 aliphatic rings. The third-order valence-corrected chi connectivity index (χ3v) is 5.90. The van der Waals surface area contributed by atoms with E-state index in [0.717, 1.165) is 35.9 Å². The lowest BCUT2D eigenvalue weighted by atomic mass is 10.0. The van der Waals surface area contributed by atoms with Gasteiger partial charge in [0.15, 0.2) is 0 Å². The van der Waals surface area contributed by atoms with Gasteiger partial charge < -0.3 is 10.6 Å². The number of aryl methyl sites for hydroxylation is 1. The van der Waals surface area contributed by atoms with Gasteiger partial charge in [-0.3, -0.25) is 9.59 Å². The summed E-state index contributed by atoms with van der Waals surface area (Å²) in [6.07, 6.45) is 7.96. The third kappa shape index (κ3) is 4.65. The first-order valence-electron chi connectivity index (χ1n) is 11.0. The molecule has 2 amide bonds. The molecule has 1 aliphatic carbocycles. The van der Waals surface area contributed by atoms with Gasteiger partial charge in [0.2, 0.25) is 5.82 Å². The van der Waals surface area contributed by atoms with Crippen LogP contribution >= 0.6 is 0 Å². The number of rotatable bonds is 6. The van der Waals surface area contributed by atoms with E-state index in [1.54, 1.807) is 0 Å². The van der Waals surface area contributed by atoms with E-state index >= 15 is 0 Å². The van der Waals surface area contributed by atoms with E-state index in [1.807, 2.05) is 18.2 Å². The van der Waals surface area contributed by atoms with Crippen LogP contribution < -0.4 is 10.6 Å². The van der Waals surface area contributed by atoms with Crippen LogP contribution in [0.2, 0.25) is 0 Å². The number of hydrogen-bond acceptors (Lipinski definition) is 7. The maximum atomic E-state index is 13.6. The van der Waals surface area contributed by atoms with Crippen molar-refractivity contribution in [3.05, 3.63) is 88.3 Å². The van der Waals surface area contributed by atoms with E-state index in [2.05, 4.69) is 47.1 Å². The molecule has 2 heterocycles. The highest BCUT2D eigenvalue weighted by Gasteiger charge is 2.26. The second-order valence-electron chi connectivity index (χ2n) is 8.14. The molecule has 178 valence electrons. The minimum atomic E-state index is -0.503. The zero-order valence-electron chi connectivity index (χ0n) is 18.8. The van der Waals surface area contributed by atoms with Gasteiger partial charge >= 0.3 is 0 Å². The molecule has 0 bridgehead atoms. The summed E-state index contributed by atoms with van der Waals surface area (Å²) >= 11 is 0. The highest BCUT2D eigenvalue weighted by molar-refractivity contribution is 5.97. The van der Waals surface area contributed by atoms with E-state index < -0.39 is 17.6 Å². The third-order valence-electron chi connectivity index (χ3n) is 5.90. The number of carbonyl (C=O) groups is 2. The monoisotopic (exact) mass is 482 g/mol. The summed E-state index contributed by atoms with van der Waals surface area (Å²) in [5.74, 6) is 1.35. The Kier molecular flexibility index (Phi) is 6.15. The molecule has 0 unspecified atom stereocenters. The molecule has 36 heavy (non-hydrogen) atoms. The van der Waals surface area contributed by atoms with E-state index in [9.17, 15) is 14.0 Å². The summed E-state index contributed by atoms with van der Waals surface area (Å²) in [4.78, 5) is 33.5. The van der Waals surface area contributed by atoms with Crippen LogP contribution in [0, 0.1) is 18.2 Å². The number of amides is 2. The van der Waals surface area contributed by atoms with Crippen molar-refractivity contribution in [1.82, 2.24) is 41.2 Å². The zero-order valence-corrected chi connectivity index (χ0v) is 18.8. The Bertz CT molecular complexity index is 1500. The average molecular weight is 482 g/mol. The average Bonchev–Trinajstić information content (AvgIpc) is 3.58. The number of carbonyl (C=O) groups excluding carboxylic acids is 2. The largest absolute Gasteiger partial charge is 0.347 e. The van der Waals surface area contributed by atoms with E-state index in [0.29, 0.717) is 11.4 Å². The van der Waals surface area contributed by atoms with Crippen LogP contribution in [0.3, 0.4) is 0 Å². The Balaban J connectivity index is 1.24. The van der Waals surface area contributed by atoms with Crippen LogP contribution in [0.15, 0.2) is 48.8 Å². The normalized spacial score (nSPS) is 14.1. The van der Waals surface area contributed by atoms with Crippen molar-refractivity contribution in [2.24, 2.45) is 0 Å². The molecule has 4 aromatic rings. The Morgan fingerprint density at radius 2 is 1.94 bits per heavy atom. The molecular formula is C25H19FN8O2. The van der Waals surface area contributed by atoms with Gasteiger partial charge in [-0.05, 0) is 52.9 Å². The number of hydrogen-bond donors (Lipinski definition) is 3. The van der Waals surface area contributed by atoms with Crippen LogP contribution in [0.5, 0.6) is 0 Å². The number of terminal acetylenes is 1. The first kappa shape index (κ1) is 22.8. The fraction of sp³-hybridized carbons (Fsp3) is 0.160. The van der Waals surface area contributed by atoms with Gasteiger partial charge in [-0.2, -0.15) is 5.21 Å². The van der Waals surface area contributed by atoms with Crippen molar-refractivity contribution in [2.45, 2.75) is 25.4 Å². The fourth-order valence-electron chi connectivity index (χ4n) is 4.09. The van der Waals surface area contributed by atoms with Crippen molar-refractivity contribution in [3.8, 4) is 23.7 Å². The molecule has 5 rings (SSSR count). The first-order chi connectivity index (χ1) is 17.5. The number of nitrogens with one attached hydrogen (secondary N) is 3. The zero-order chi connectivity index (χ0) is 25.1. The summed E-state index contributed by atoms with van der Waals surface area (Å²) in [6, 6.07) is 11.2. The summed E-state index contributed by atoms with van der Waals surface area (Å²) in [7, 11) is 0. The van der Waals surface area contributed by atoms with Gasteiger partial charge in [0, 0.05) is 18.2 Å². The number of H-pyrrole nitrogens is 1. The number of aromatic nitrogens is 6. The predicted octanol–water partition coefficient (Wildman–Crippen LogP) is 2.12. The van der Waals surface area contributed by atoms with E-state index in [1.165, 1.54) is 24.3 Å². The van der Waals surface area contributed by atoms with Gasteiger partial charge in [0.1, 0.15) is 23.5 Å². The number of benzene rings is 2. The molecule has 0 aliphatic heterocycles. The molecule has 1 atom stereocenters. The van der Waals surface area contributed by atoms with Crippen molar-refractivity contribution >= 4 is 11.8 Å². The molecule has 0 fully saturated rings. The number of aromatic amines is 1. The molecule has 11 heteroatoms. The van der Waals surface area contributed by atoms with Crippen LogP contribution in [0.1, 0.15) is 55.7 Å². The van der Waals surface area contributed by atoms with Crippen LogP contribution in [0.25, 0.3) is 11.4 Å². The van der Waals surface area contributed by atoms with Gasteiger partial charge in [-0.1, -0.05) is 24.1 Å². The number of fused-ring (bicyclic) bond motifs is 1. The highest BCUT2D eigenvalue weighted by atomic mass is 19.1. The Morgan fingerprint density at radius 1 is 1.11 bits per heavy atom. The van der Waals surface area contributed by atoms with E-state index in [-0.39, 0.29) is 29.5 Å². The quantitative estimate of drug-likeness (QED) is 0.358. The Labute approximate surface area is 204 Å². The standard InChI is InChI=1S/C25H19FN8O2/c1-2-15-9-14(3-7-19(15)26)12-27-24(35)21-11-22(29-13-28-21)25(36)30-20-8-5-16-10-17(4-6-18(16)20)23-31-33-34-32-23/h1,3-4,6-7,9-11,13,20H,5,8,12H2,(H,27,35)(H,30,36)(H,31,32,33,34)/t20-/m0/s1. The molecule has 0 saturated carbocycles. The van der Waals surface area contributed by atoms with Crippen LogP contribution in [-0.2, 0) is 13.0 Å². The number of nitrogens with zero attached hydrogens (tertiary/aromatic N) is 5. The molecule has 0 saturated heterocycles. The van der Waals surface area contributed by atoms with Crippen molar-refractivity contribution < 1.29 is 14.0 Å². The molecule has 10 nitrogen and oxygen atoms in total. The van der Waals surface area contributed by atoms with Crippen molar-refractivity contribution in [2.75, 3.05) is 0 Å². The smallest absolute Gasteiger partial charge is 0.270 e. The summed E-state index contributed by atoms with van der Waals surface area (Å²) in [5.41, 5.74) is 3.80. The van der Waals surface area contributed by atoms with Crippen molar-refractivity contribution in [3.63, 3.8) is 0 Å². The van der Waals surface area contributed by atoms with E-state index in [4.69, 9.17) is 6.42 Å². The number of halogens is 1. The van der Waals surface area contributed by atoms with Crippen LogP contribution in [-0.4, -0.2) is 42.4 Å². The van der Waals surface area contributed by atoms with Gasteiger partial charge in [-0.25, -0.2) is 14.4 Å². The minimum absolute atomic E-state index is 0.0333. The first-order valence-corrected chi connectivity index (χ1v) is 11.0. The lowest BCUT2D eigenvalue weighted by molar-refractivity contribution is 0.0931. The lowest BCUT2D eigenvalue weighted by Gasteiger charge is -2.14. The van der Waals surface area contributed by atoms with Gasteiger partial charge in [0.25, 0.3) is 11.8 Å². The maximum Gasteiger partial charge on any atom is 0.270 e. The molecule has 2 aromatic carbocycles. The fourth-order valence-corrected chi connectivity index (χ4v) is 4.09. The molecule has 0 spiro atoms. The van der Waals surface area contributed by atoms with Crippen LogP contribution in [0.4, 0.5) is 4.39 Å². The Morgan fingerprint density at radius 3 is 2.72 bits per heavy atom. The lowest BCUT2D eigenvalue weighted by Crippen LogP contribution is -2.29. The highest BCUT2D eigenvalue weighted by Crippen LogP contribution is 2.33. The summed E-state index contributed by atoms with van der Waals surface area (Å²) in [5, 5.41) is 19.7. The summed E-state index contributed by atoms with van der Waals surface area (Å²) < 4.78 is 13.6. The number of tetrazole rings is 1. The Hall–Kier alpha value is -4.98. The van der Waals surface area contributed by atoms with Crippen molar-refractivity contribution in [1.29, 1.82) is 0 Å².